The summed E-state index contributed by atoms with van der Waals surface area (Å²) in [6.07, 6.45) is 0.178. The minimum atomic E-state index is -1.02. The molecule has 0 spiro atoms. The van der Waals surface area contributed by atoms with Crippen molar-refractivity contribution < 1.29 is 19.2 Å². The lowest BCUT2D eigenvalue weighted by molar-refractivity contribution is -0.123. The number of carbonyl (C=O) groups is 4. The average molecular weight is 521 g/mol. The highest BCUT2D eigenvalue weighted by Crippen LogP contribution is 2.17. The van der Waals surface area contributed by atoms with E-state index in [1.165, 1.54) is 0 Å². The Balaban J connectivity index is 1.50. The van der Waals surface area contributed by atoms with Gasteiger partial charge < -0.3 is 10.6 Å². The number of hydrogen-bond acceptors (Lipinski definition) is 4. The zero-order chi connectivity index (χ0) is 27.6. The van der Waals surface area contributed by atoms with Crippen LogP contribution in [0.1, 0.15) is 42.2 Å². The van der Waals surface area contributed by atoms with Crippen molar-refractivity contribution in [3.8, 4) is 0 Å². The van der Waals surface area contributed by atoms with Crippen LogP contribution in [0.4, 0.5) is 5.69 Å². The molecule has 4 aromatic carbocycles. The van der Waals surface area contributed by atoms with Gasteiger partial charge in [0.15, 0.2) is 0 Å². The molecule has 4 N–H and O–H groups in total. The summed E-state index contributed by atoms with van der Waals surface area (Å²) in [5.41, 5.74) is 7.79. The van der Waals surface area contributed by atoms with Gasteiger partial charge in [0, 0.05) is 17.5 Å². The van der Waals surface area contributed by atoms with Crippen LogP contribution in [0.2, 0.25) is 0 Å². The van der Waals surface area contributed by atoms with Crippen LogP contribution in [0.5, 0.6) is 0 Å². The number of carbonyl (C=O) groups excluding carboxylic acids is 4. The molecule has 0 fully saturated rings. The van der Waals surface area contributed by atoms with Gasteiger partial charge in [-0.1, -0.05) is 78.9 Å². The Morgan fingerprint density at radius 3 is 1.90 bits per heavy atom. The standard InChI is InChI=1S/C31H28N4O4/c1-21-12-8-9-17-24(21)30(38)34-35-31(39)27(20-22-13-4-2-5-14-22)33-29(37)25-18-10-11-19-26(25)32-28(36)23-15-6-3-7-16-23/h2-19,27H,20H2,1H3,(H,32,36)(H,33,37)(H,34,38)(H,35,39). The number of hydrogen-bond donors (Lipinski definition) is 4. The Hall–Kier alpha value is -5.24. The van der Waals surface area contributed by atoms with Crippen LogP contribution in [-0.4, -0.2) is 29.7 Å². The van der Waals surface area contributed by atoms with Crippen LogP contribution in [-0.2, 0) is 11.2 Å². The van der Waals surface area contributed by atoms with E-state index in [0.29, 0.717) is 16.8 Å². The maximum Gasteiger partial charge on any atom is 0.269 e. The van der Waals surface area contributed by atoms with Gasteiger partial charge in [-0.2, -0.15) is 0 Å². The molecule has 0 aliphatic rings. The first-order valence-electron chi connectivity index (χ1n) is 12.4. The van der Waals surface area contributed by atoms with E-state index in [2.05, 4.69) is 21.5 Å². The zero-order valence-corrected chi connectivity index (χ0v) is 21.3. The lowest BCUT2D eigenvalue weighted by atomic mass is 10.0. The van der Waals surface area contributed by atoms with Gasteiger partial charge in [0.25, 0.3) is 23.6 Å². The van der Waals surface area contributed by atoms with E-state index < -0.39 is 23.8 Å². The van der Waals surface area contributed by atoms with Crippen molar-refractivity contribution in [3.05, 3.63) is 137 Å². The summed E-state index contributed by atoms with van der Waals surface area (Å²) in [5, 5.41) is 5.52. The van der Waals surface area contributed by atoms with Crippen LogP contribution >= 0.6 is 0 Å². The quantitative estimate of drug-likeness (QED) is 0.262. The largest absolute Gasteiger partial charge is 0.340 e. The monoisotopic (exact) mass is 520 g/mol. The Morgan fingerprint density at radius 1 is 0.615 bits per heavy atom. The van der Waals surface area contributed by atoms with Gasteiger partial charge in [0.1, 0.15) is 6.04 Å². The van der Waals surface area contributed by atoms with Crippen LogP contribution in [0.3, 0.4) is 0 Å². The summed E-state index contributed by atoms with van der Waals surface area (Å²) in [6, 6.07) is 30.4. The van der Waals surface area contributed by atoms with E-state index >= 15 is 0 Å². The molecular formula is C31H28N4O4. The van der Waals surface area contributed by atoms with Gasteiger partial charge in [0.05, 0.1) is 11.3 Å². The van der Waals surface area contributed by atoms with E-state index in [1.54, 1.807) is 79.7 Å². The van der Waals surface area contributed by atoms with Gasteiger partial charge in [-0.3, -0.25) is 30.0 Å². The molecule has 196 valence electrons. The first-order valence-corrected chi connectivity index (χ1v) is 12.4. The average Bonchev–Trinajstić information content (AvgIpc) is 2.97. The molecule has 4 amide bonds. The molecule has 0 saturated carbocycles. The highest BCUT2D eigenvalue weighted by atomic mass is 16.2. The summed E-state index contributed by atoms with van der Waals surface area (Å²) in [6.45, 7) is 1.79. The lowest BCUT2D eigenvalue weighted by Gasteiger charge is -2.20. The molecule has 0 aliphatic carbocycles. The summed E-state index contributed by atoms with van der Waals surface area (Å²) >= 11 is 0. The highest BCUT2D eigenvalue weighted by Gasteiger charge is 2.24. The first kappa shape index (κ1) is 26.8. The highest BCUT2D eigenvalue weighted by molar-refractivity contribution is 6.09. The third-order valence-electron chi connectivity index (χ3n) is 6.05. The van der Waals surface area contributed by atoms with Gasteiger partial charge in [0.2, 0.25) is 0 Å². The number of anilines is 1. The third-order valence-corrected chi connectivity index (χ3v) is 6.05. The Morgan fingerprint density at radius 2 is 1.21 bits per heavy atom. The summed E-state index contributed by atoms with van der Waals surface area (Å²) in [5.74, 6) is -1.99. The van der Waals surface area contributed by atoms with Crippen LogP contribution in [0.25, 0.3) is 0 Å². The van der Waals surface area contributed by atoms with Crippen molar-refractivity contribution in [2.45, 2.75) is 19.4 Å². The van der Waals surface area contributed by atoms with Crippen LogP contribution in [0.15, 0.2) is 109 Å². The van der Waals surface area contributed by atoms with Crippen molar-refractivity contribution in [1.29, 1.82) is 0 Å². The Labute approximate surface area is 226 Å². The second-order valence-corrected chi connectivity index (χ2v) is 8.84. The minimum Gasteiger partial charge on any atom is -0.340 e. The number of para-hydroxylation sites is 1. The van der Waals surface area contributed by atoms with Gasteiger partial charge in [-0.05, 0) is 48.4 Å². The molecule has 0 aliphatic heterocycles. The van der Waals surface area contributed by atoms with Crippen molar-refractivity contribution in [1.82, 2.24) is 16.2 Å². The molecule has 0 bridgehead atoms. The second-order valence-electron chi connectivity index (χ2n) is 8.84. The molecule has 4 aromatic rings. The van der Waals surface area contributed by atoms with E-state index in [-0.39, 0.29) is 17.9 Å². The molecule has 39 heavy (non-hydrogen) atoms. The lowest BCUT2D eigenvalue weighted by Crippen LogP contribution is -2.53. The second kappa shape index (κ2) is 12.8. The number of aryl methyl sites for hydroxylation is 1. The van der Waals surface area contributed by atoms with E-state index in [9.17, 15) is 19.2 Å². The van der Waals surface area contributed by atoms with Crippen LogP contribution in [0, 0.1) is 6.92 Å². The predicted octanol–water partition coefficient (Wildman–Crippen LogP) is 4.05. The fourth-order valence-corrected chi connectivity index (χ4v) is 3.97. The molecule has 1 unspecified atom stereocenters. The molecule has 8 nitrogen and oxygen atoms in total. The summed E-state index contributed by atoms with van der Waals surface area (Å²) in [7, 11) is 0. The zero-order valence-electron chi connectivity index (χ0n) is 21.3. The maximum absolute atomic E-state index is 13.4. The molecule has 0 aromatic heterocycles. The number of hydrazine groups is 1. The molecule has 0 saturated heterocycles. The molecule has 0 heterocycles. The maximum atomic E-state index is 13.4. The summed E-state index contributed by atoms with van der Waals surface area (Å²) < 4.78 is 0. The normalized spacial score (nSPS) is 11.1. The smallest absolute Gasteiger partial charge is 0.269 e. The molecular weight excluding hydrogens is 492 g/mol. The topological polar surface area (TPSA) is 116 Å². The van der Waals surface area contributed by atoms with Gasteiger partial charge >= 0.3 is 0 Å². The first-order chi connectivity index (χ1) is 18.9. The fourth-order valence-electron chi connectivity index (χ4n) is 3.97. The number of amides is 4. The van der Waals surface area contributed by atoms with E-state index in [1.807, 2.05) is 36.4 Å². The molecule has 8 heteroatoms. The molecule has 0 radical (unpaired) electrons. The van der Waals surface area contributed by atoms with Crippen LogP contribution < -0.4 is 21.5 Å². The number of rotatable bonds is 8. The number of nitrogens with one attached hydrogen (secondary N) is 4. The van der Waals surface area contributed by atoms with Crippen molar-refractivity contribution in [2.75, 3.05) is 5.32 Å². The predicted molar refractivity (Wildman–Crippen MR) is 149 cm³/mol. The van der Waals surface area contributed by atoms with Crippen molar-refractivity contribution >= 4 is 29.3 Å². The fraction of sp³-hybridized carbons (Fsp3) is 0.0968. The SMILES string of the molecule is Cc1ccccc1C(=O)NNC(=O)C(Cc1ccccc1)NC(=O)c1ccccc1NC(=O)c1ccccc1. The van der Waals surface area contributed by atoms with Crippen molar-refractivity contribution in [2.24, 2.45) is 0 Å². The van der Waals surface area contributed by atoms with Crippen molar-refractivity contribution in [3.63, 3.8) is 0 Å². The summed E-state index contributed by atoms with van der Waals surface area (Å²) in [4.78, 5) is 51.8. The van der Waals surface area contributed by atoms with Gasteiger partial charge in [-0.15, -0.1) is 0 Å². The minimum absolute atomic E-state index is 0.178. The van der Waals surface area contributed by atoms with E-state index in [0.717, 1.165) is 11.1 Å². The molecule has 1 atom stereocenters. The Kier molecular flexibility index (Phi) is 8.82. The number of benzene rings is 4. The van der Waals surface area contributed by atoms with E-state index in [4.69, 9.17) is 0 Å². The Bertz CT molecular complexity index is 1470. The van der Waals surface area contributed by atoms with Gasteiger partial charge in [-0.25, -0.2) is 0 Å². The molecule has 4 rings (SSSR count). The third kappa shape index (κ3) is 7.17.